The van der Waals surface area contributed by atoms with Gasteiger partial charge in [-0.15, -0.1) is 12.4 Å². The maximum absolute atomic E-state index is 12.3. The molecule has 0 aromatic carbocycles. The molecule has 132 valence electrons. The zero-order valence-corrected chi connectivity index (χ0v) is 15.4. The predicted octanol–water partition coefficient (Wildman–Crippen LogP) is 0.961. The summed E-state index contributed by atoms with van der Waals surface area (Å²) in [7, 11) is -3.09. The first-order valence-electron chi connectivity index (χ1n) is 7.72. The summed E-state index contributed by atoms with van der Waals surface area (Å²) in [6.45, 7) is 6.03. The Morgan fingerprint density at radius 2 is 1.77 bits per heavy atom. The van der Waals surface area contributed by atoms with Gasteiger partial charge in [0.25, 0.3) is 0 Å². The molecule has 1 heterocycles. The second-order valence-corrected chi connectivity index (χ2v) is 7.99. The number of nitrogens with two attached hydrogens (primary N) is 1. The van der Waals surface area contributed by atoms with Gasteiger partial charge in [-0.1, -0.05) is 13.8 Å². The van der Waals surface area contributed by atoms with E-state index in [-0.39, 0.29) is 18.3 Å². The Morgan fingerprint density at radius 3 is 2.14 bits per heavy atom. The van der Waals surface area contributed by atoms with Crippen molar-refractivity contribution in [2.24, 2.45) is 17.1 Å². The van der Waals surface area contributed by atoms with Crippen molar-refractivity contribution in [2.45, 2.75) is 39.5 Å². The maximum Gasteiger partial charge on any atom is 0.227 e. The molecule has 3 N–H and O–H groups in total. The maximum atomic E-state index is 12.3. The van der Waals surface area contributed by atoms with Crippen LogP contribution in [0.2, 0.25) is 0 Å². The highest BCUT2D eigenvalue weighted by molar-refractivity contribution is 7.88. The van der Waals surface area contributed by atoms with Gasteiger partial charge in [0.1, 0.15) is 0 Å². The van der Waals surface area contributed by atoms with Crippen molar-refractivity contribution in [1.29, 1.82) is 0 Å². The van der Waals surface area contributed by atoms with Gasteiger partial charge in [0.15, 0.2) is 0 Å². The average Bonchev–Trinajstić information content (AvgIpc) is 2.47. The number of carbonyl (C=O) groups is 1. The third-order valence-electron chi connectivity index (χ3n) is 4.82. The van der Waals surface area contributed by atoms with Crippen molar-refractivity contribution in [3.05, 3.63) is 0 Å². The Morgan fingerprint density at radius 1 is 1.27 bits per heavy atom. The van der Waals surface area contributed by atoms with E-state index in [4.69, 9.17) is 5.73 Å². The summed E-state index contributed by atoms with van der Waals surface area (Å²) < 4.78 is 24.4. The molecule has 0 atom stereocenters. The number of hydrogen-bond acceptors (Lipinski definition) is 4. The van der Waals surface area contributed by atoms with E-state index in [0.717, 1.165) is 25.7 Å². The molecule has 1 saturated heterocycles. The van der Waals surface area contributed by atoms with Crippen molar-refractivity contribution in [3.8, 4) is 0 Å². The second-order valence-electron chi connectivity index (χ2n) is 6.01. The van der Waals surface area contributed by atoms with Crippen molar-refractivity contribution in [2.75, 3.05) is 32.4 Å². The topological polar surface area (TPSA) is 92.5 Å². The summed E-state index contributed by atoms with van der Waals surface area (Å²) in [6, 6.07) is 0. The van der Waals surface area contributed by atoms with Crippen LogP contribution in [0.3, 0.4) is 0 Å². The summed E-state index contributed by atoms with van der Waals surface area (Å²) in [5.74, 6) is 0.372. The monoisotopic (exact) mass is 355 g/mol. The number of carbonyl (C=O) groups excluding carboxylic acids is 1. The smallest absolute Gasteiger partial charge is 0.227 e. The fourth-order valence-corrected chi connectivity index (χ4v) is 3.70. The lowest BCUT2D eigenvalue weighted by molar-refractivity contribution is -0.131. The molecule has 0 saturated carbocycles. The van der Waals surface area contributed by atoms with Crippen LogP contribution in [0.15, 0.2) is 0 Å². The van der Waals surface area contributed by atoms with Crippen molar-refractivity contribution in [3.63, 3.8) is 0 Å². The Bertz CT molecular complexity index is 436. The van der Waals surface area contributed by atoms with Gasteiger partial charge in [-0.3, -0.25) is 4.79 Å². The Labute approximate surface area is 140 Å². The quantitative estimate of drug-likeness (QED) is 0.711. The van der Waals surface area contributed by atoms with Crippen LogP contribution in [-0.2, 0) is 14.8 Å². The molecule has 6 nitrogen and oxygen atoms in total. The molecule has 1 aliphatic heterocycles. The highest BCUT2D eigenvalue weighted by Gasteiger charge is 2.34. The second kappa shape index (κ2) is 9.05. The predicted molar refractivity (Wildman–Crippen MR) is 91.5 cm³/mol. The molecule has 1 aliphatic rings. The van der Waals surface area contributed by atoms with Gasteiger partial charge in [0.05, 0.1) is 11.7 Å². The van der Waals surface area contributed by atoms with E-state index in [2.05, 4.69) is 5.32 Å². The van der Waals surface area contributed by atoms with Crippen LogP contribution < -0.4 is 11.1 Å². The minimum Gasteiger partial charge on any atom is -0.355 e. The van der Waals surface area contributed by atoms with E-state index in [9.17, 15) is 13.2 Å². The zero-order chi connectivity index (χ0) is 16.1. The first-order chi connectivity index (χ1) is 9.79. The van der Waals surface area contributed by atoms with Gasteiger partial charge in [-0.05, 0) is 31.6 Å². The molecule has 0 radical (unpaired) electrons. The van der Waals surface area contributed by atoms with Crippen LogP contribution in [0.1, 0.15) is 39.5 Å². The van der Waals surface area contributed by atoms with Crippen molar-refractivity contribution >= 4 is 28.3 Å². The molecule has 0 aliphatic carbocycles. The van der Waals surface area contributed by atoms with Crippen molar-refractivity contribution < 1.29 is 13.2 Å². The minimum absolute atomic E-state index is 0. The van der Waals surface area contributed by atoms with Crippen LogP contribution in [0.25, 0.3) is 0 Å². The average molecular weight is 356 g/mol. The van der Waals surface area contributed by atoms with E-state index >= 15 is 0 Å². The first-order valence-corrected chi connectivity index (χ1v) is 9.57. The van der Waals surface area contributed by atoms with Gasteiger partial charge in [-0.25, -0.2) is 12.7 Å². The summed E-state index contributed by atoms with van der Waals surface area (Å²) in [5.41, 5.74) is 5.31. The highest BCUT2D eigenvalue weighted by Crippen LogP contribution is 2.25. The summed E-state index contributed by atoms with van der Waals surface area (Å²) in [5, 5.41) is 3.01. The van der Waals surface area contributed by atoms with E-state index < -0.39 is 15.4 Å². The molecule has 0 aromatic rings. The first kappa shape index (κ1) is 21.6. The molecule has 1 rings (SSSR count). The third-order valence-corrected chi connectivity index (χ3v) is 6.12. The van der Waals surface area contributed by atoms with Crippen LogP contribution >= 0.6 is 12.4 Å². The van der Waals surface area contributed by atoms with E-state index in [1.54, 1.807) is 0 Å². The number of piperidine rings is 1. The molecule has 1 amide bonds. The fourth-order valence-electron chi connectivity index (χ4n) is 2.82. The van der Waals surface area contributed by atoms with Gasteiger partial charge in [-0.2, -0.15) is 0 Å². The number of nitrogens with one attached hydrogen (secondary N) is 1. The van der Waals surface area contributed by atoms with E-state index in [1.165, 1.54) is 10.6 Å². The van der Waals surface area contributed by atoms with Gasteiger partial charge in [0.2, 0.25) is 15.9 Å². The minimum atomic E-state index is -3.09. The lowest BCUT2D eigenvalue weighted by atomic mass is 9.81. The molecule has 22 heavy (non-hydrogen) atoms. The van der Waals surface area contributed by atoms with Crippen molar-refractivity contribution in [1.82, 2.24) is 9.62 Å². The van der Waals surface area contributed by atoms with Crippen LogP contribution in [-0.4, -0.2) is 51.1 Å². The summed E-state index contributed by atoms with van der Waals surface area (Å²) >= 11 is 0. The van der Waals surface area contributed by atoms with Gasteiger partial charge < -0.3 is 11.1 Å². The van der Waals surface area contributed by atoms with Crippen LogP contribution in [0.4, 0.5) is 0 Å². The normalized spacial score (nSPS) is 17.8. The molecule has 0 aromatic heterocycles. The van der Waals surface area contributed by atoms with Crippen LogP contribution in [0.5, 0.6) is 0 Å². The van der Waals surface area contributed by atoms with Gasteiger partial charge >= 0.3 is 0 Å². The number of hydrogen-bond donors (Lipinski definition) is 2. The highest BCUT2D eigenvalue weighted by atomic mass is 35.5. The molecular formula is C14H30ClN3O3S. The summed E-state index contributed by atoms with van der Waals surface area (Å²) in [4.78, 5) is 12.3. The van der Waals surface area contributed by atoms with E-state index in [0.29, 0.717) is 32.1 Å². The number of nitrogens with zero attached hydrogens (tertiary/aromatic N) is 1. The SMILES string of the molecule is CCC(CC)(CN)C(=O)NCC1CCN(S(C)(=O)=O)CC1.Cl. The molecule has 8 heteroatoms. The molecular weight excluding hydrogens is 326 g/mol. The molecule has 1 fully saturated rings. The Hall–Kier alpha value is -0.370. The molecule has 0 bridgehead atoms. The summed E-state index contributed by atoms with van der Waals surface area (Å²) in [6.07, 6.45) is 4.30. The fraction of sp³-hybridized carbons (Fsp3) is 0.929. The zero-order valence-electron chi connectivity index (χ0n) is 13.8. The third kappa shape index (κ3) is 5.37. The number of sulfonamides is 1. The lowest BCUT2D eigenvalue weighted by Gasteiger charge is -2.32. The lowest BCUT2D eigenvalue weighted by Crippen LogP contribution is -2.47. The number of halogens is 1. The molecule has 0 unspecified atom stereocenters. The largest absolute Gasteiger partial charge is 0.355 e. The number of amides is 1. The standard InChI is InChI=1S/C14H29N3O3S.ClH/c1-4-14(5-2,11-15)13(18)16-10-12-6-8-17(9-7-12)21(3,19)20;/h12H,4-11,15H2,1-3H3,(H,16,18);1H. The van der Waals surface area contributed by atoms with Crippen LogP contribution in [0, 0.1) is 11.3 Å². The molecule has 0 spiro atoms. The number of rotatable bonds is 7. The Kier molecular flexibility index (Phi) is 8.90. The van der Waals surface area contributed by atoms with Gasteiger partial charge in [0, 0.05) is 26.2 Å². The van der Waals surface area contributed by atoms with E-state index in [1.807, 2.05) is 13.8 Å². The Balaban J connectivity index is 0.00000441.